The van der Waals surface area contributed by atoms with Gasteiger partial charge in [-0.15, -0.1) is 0 Å². The van der Waals surface area contributed by atoms with Gasteiger partial charge < -0.3 is 0 Å². The van der Waals surface area contributed by atoms with E-state index in [1.165, 1.54) is 12.1 Å². The van der Waals surface area contributed by atoms with Gasteiger partial charge in [0.05, 0.1) is 4.92 Å². The summed E-state index contributed by atoms with van der Waals surface area (Å²) in [6, 6.07) is 13.7. The summed E-state index contributed by atoms with van der Waals surface area (Å²) in [5, 5.41) is 10.5. The second-order valence-electron chi connectivity index (χ2n) is 2.86. The van der Waals surface area contributed by atoms with E-state index >= 15 is 0 Å². The lowest BCUT2D eigenvalue weighted by molar-refractivity contribution is -0.384. The van der Waals surface area contributed by atoms with Gasteiger partial charge in [0, 0.05) is 12.1 Å². The van der Waals surface area contributed by atoms with Crippen LogP contribution in [-0.2, 0) is 0 Å². The van der Waals surface area contributed by atoms with Gasteiger partial charge in [-0.1, -0.05) is 42.0 Å². The Morgan fingerprint density at radius 3 is 2.29 bits per heavy atom. The first-order valence-corrected chi connectivity index (χ1v) is 4.24. The molecule has 0 N–H and O–H groups in total. The van der Waals surface area contributed by atoms with E-state index in [2.05, 4.69) is 0 Å². The molecular weight excluding hydrogens is 178 g/mol. The van der Waals surface area contributed by atoms with Crippen molar-refractivity contribution in [2.45, 2.75) is 6.92 Å². The number of nitrogens with zero attached hydrogens (tertiary/aromatic N) is 1. The molecule has 1 aromatic carbocycles. The molecule has 0 aromatic heterocycles. The molecule has 0 heterocycles. The zero-order chi connectivity index (χ0) is 10.4. The van der Waals surface area contributed by atoms with E-state index in [1.54, 1.807) is 18.2 Å². The Morgan fingerprint density at radius 1 is 1.00 bits per heavy atom. The van der Waals surface area contributed by atoms with Gasteiger partial charge in [0.25, 0.3) is 5.69 Å². The van der Waals surface area contributed by atoms with E-state index < -0.39 is 4.92 Å². The van der Waals surface area contributed by atoms with Crippen molar-refractivity contribution < 1.29 is 4.92 Å². The van der Waals surface area contributed by atoms with Crippen LogP contribution in [-0.4, -0.2) is 4.92 Å². The van der Waals surface area contributed by atoms with Crippen LogP contribution in [0.3, 0.4) is 0 Å². The number of nitro groups is 1. The van der Waals surface area contributed by atoms with E-state index in [4.69, 9.17) is 0 Å². The van der Waals surface area contributed by atoms with E-state index in [-0.39, 0.29) is 5.69 Å². The number of hydrogen-bond donors (Lipinski definition) is 0. The molecule has 1 aromatic rings. The van der Waals surface area contributed by atoms with Crippen molar-refractivity contribution in [3.8, 4) is 0 Å². The van der Waals surface area contributed by atoms with Gasteiger partial charge in [-0.2, -0.15) is 0 Å². The van der Waals surface area contributed by atoms with Crippen LogP contribution in [0.1, 0.15) is 5.56 Å². The Morgan fingerprint density at radius 2 is 1.64 bits per heavy atom. The molecule has 0 radical (unpaired) electrons. The highest BCUT2D eigenvalue weighted by Crippen LogP contribution is 2.06. The summed E-state index contributed by atoms with van der Waals surface area (Å²) in [5.41, 5.74) is 1.06. The average Bonchev–Trinajstić information content (AvgIpc) is 2.15. The van der Waals surface area contributed by atoms with E-state index in [0.29, 0.717) is 0 Å². The second-order valence-corrected chi connectivity index (χ2v) is 2.86. The molecule has 0 aliphatic rings. The molecule has 0 unspecified atom stereocenters. The molecule has 0 bridgehead atoms. The molecule has 0 saturated heterocycles. The van der Waals surface area contributed by atoms with E-state index in [1.807, 2.05) is 25.1 Å². The van der Waals surface area contributed by atoms with Crippen LogP contribution in [0.2, 0.25) is 0 Å². The van der Waals surface area contributed by atoms with Crippen LogP contribution in [0, 0.1) is 17.0 Å². The Balaban J connectivity index is 3.30. The average molecular weight is 189 g/mol. The molecule has 14 heavy (non-hydrogen) atoms. The Labute approximate surface area is 82.5 Å². The van der Waals surface area contributed by atoms with Crippen LogP contribution in [0.5, 0.6) is 0 Å². The fourth-order valence-electron chi connectivity index (χ4n) is 0.939. The lowest BCUT2D eigenvalue weighted by Gasteiger charge is -1.86. The predicted molar refractivity (Wildman–Crippen MR) is 55.5 cm³/mol. The minimum atomic E-state index is -0.403. The number of aryl methyl sites for hydroxylation is 1. The maximum absolute atomic E-state index is 10.5. The SMILES string of the molecule is Cc1ccccccc([N+](=O)[O-])cc1. The normalized spacial score (nSPS) is 8.93. The van der Waals surface area contributed by atoms with Crippen LogP contribution >= 0.6 is 0 Å². The van der Waals surface area contributed by atoms with Crippen molar-refractivity contribution in [3.63, 3.8) is 0 Å². The summed E-state index contributed by atoms with van der Waals surface area (Å²) < 4.78 is 0. The Kier molecular flexibility index (Phi) is 3.61. The van der Waals surface area contributed by atoms with Crippen molar-refractivity contribution in [1.29, 1.82) is 0 Å². The molecule has 72 valence electrons. The number of hydrogen-bond acceptors (Lipinski definition) is 2. The van der Waals surface area contributed by atoms with Gasteiger partial charge in [-0.25, -0.2) is 0 Å². The van der Waals surface area contributed by atoms with Crippen molar-refractivity contribution in [2.24, 2.45) is 0 Å². The summed E-state index contributed by atoms with van der Waals surface area (Å²) >= 11 is 0. The van der Waals surface area contributed by atoms with Crippen molar-refractivity contribution in [2.75, 3.05) is 0 Å². The summed E-state index contributed by atoms with van der Waals surface area (Å²) in [5.74, 6) is 0. The zero-order valence-corrected chi connectivity index (χ0v) is 7.88. The van der Waals surface area contributed by atoms with Gasteiger partial charge in [0.1, 0.15) is 0 Å². The highest BCUT2D eigenvalue weighted by Gasteiger charge is 1.97. The lowest BCUT2D eigenvalue weighted by Crippen LogP contribution is -1.84. The topological polar surface area (TPSA) is 43.1 Å². The molecule has 0 atom stereocenters. The summed E-state index contributed by atoms with van der Waals surface area (Å²) in [6.45, 7) is 1.89. The van der Waals surface area contributed by atoms with Crippen molar-refractivity contribution in [1.82, 2.24) is 0 Å². The molecule has 0 spiro atoms. The summed E-state index contributed by atoms with van der Waals surface area (Å²) in [6.07, 6.45) is 0. The van der Waals surface area contributed by atoms with Crippen molar-refractivity contribution in [3.05, 3.63) is 64.2 Å². The van der Waals surface area contributed by atoms with Crippen LogP contribution in [0.15, 0.2) is 48.5 Å². The van der Waals surface area contributed by atoms with E-state index in [0.717, 1.165) is 5.56 Å². The molecular formula is C11H11NO2. The van der Waals surface area contributed by atoms with Gasteiger partial charge >= 0.3 is 0 Å². The van der Waals surface area contributed by atoms with Gasteiger partial charge in [-0.3, -0.25) is 10.1 Å². The largest absolute Gasteiger partial charge is 0.269 e. The lowest BCUT2D eigenvalue weighted by atomic mass is 10.3. The fraction of sp³-hybridized carbons (Fsp3) is 0.0909. The Bertz CT molecular complexity index is 387. The van der Waals surface area contributed by atoms with Crippen LogP contribution in [0.4, 0.5) is 5.69 Å². The van der Waals surface area contributed by atoms with Gasteiger partial charge in [0.15, 0.2) is 0 Å². The quantitative estimate of drug-likeness (QED) is 0.503. The molecule has 0 saturated carbocycles. The molecule has 0 fully saturated rings. The minimum Gasteiger partial charge on any atom is -0.258 e. The third-order valence-corrected chi connectivity index (χ3v) is 1.69. The molecule has 3 heteroatoms. The first-order valence-electron chi connectivity index (χ1n) is 4.24. The molecule has 3 nitrogen and oxygen atoms in total. The third-order valence-electron chi connectivity index (χ3n) is 1.69. The van der Waals surface area contributed by atoms with Gasteiger partial charge in [0.2, 0.25) is 0 Å². The smallest absolute Gasteiger partial charge is 0.258 e. The first kappa shape index (κ1) is 10.2. The fourth-order valence-corrected chi connectivity index (χ4v) is 0.939. The number of rotatable bonds is 1. The second kappa shape index (κ2) is 4.97. The minimum absolute atomic E-state index is 0.0873. The molecule has 0 aliphatic carbocycles. The van der Waals surface area contributed by atoms with E-state index in [9.17, 15) is 10.1 Å². The van der Waals surface area contributed by atoms with Crippen LogP contribution < -0.4 is 0 Å². The first-order chi connectivity index (χ1) is 6.70. The third kappa shape index (κ3) is 3.23. The summed E-state index contributed by atoms with van der Waals surface area (Å²) in [4.78, 5) is 10.1. The van der Waals surface area contributed by atoms with Gasteiger partial charge in [-0.05, 0) is 6.92 Å². The standard InChI is InChI=1S/C11H11NO2/c1-10-6-4-2-3-5-7-11(9-8-10)12(13)14/h2-9H,1H3. The molecule has 0 aliphatic heterocycles. The maximum atomic E-state index is 10.5. The van der Waals surface area contributed by atoms with Crippen molar-refractivity contribution >= 4 is 5.69 Å². The molecule has 0 amide bonds. The summed E-state index contributed by atoms with van der Waals surface area (Å²) in [7, 11) is 0. The molecule has 1 rings (SSSR count). The zero-order valence-electron chi connectivity index (χ0n) is 7.88. The highest BCUT2D eigenvalue weighted by atomic mass is 16.6. The monoisotopic (exact) mass is 189 g/mol. The van der Waals surface area contributed by atoms with Crippen LogP contribution in [0.25, 0.3) is 0 Å². The predicted octanol–water partition coefficient (Wildman–Crippen LogP) is 3.03. The maximum Gasteiger partial charge on any atom is 0.269 e. The highest BCUT2D eigenvalue weighted by molar-refractivity contribution is 5.27. The Hall–Kier alpha value is -1.90.